The highest BCUT2D eigenvalue weighted by molar-refractivity contribution is 5.73. The van der Waals surface area contributed by atoms with Crippen molar-refractivity contribution in [1.82, 2.24) is 5.32 Å². The monoisotopic (exact) mass is 324 g/mol. The molecule has 0 radical (unpaired) electrons. The zero-order valence-corrected chi connectivity index (χ0v) is 15.4. The Labute approximate surface area is 147 Å². The summed E-state index contributed by atoms with van der Waals surface area (Å²) >= 11 is 0. The number of nitrogens with one attached hydrogen (secondary N) is 1. The van der Waals surface area contributed by atoms with Crippen molar-refractivity contribution in [2.24, 2.45) is 11.7 Å². The van der Waals surface area contributed by atoms with Crippen molar-refractivity contribution in [3.05, 3.63) is 65.9 Å². The minimum absolute atomic E-state index is 0.284. The SMILES string of the molecule is C=C/C=C\NC1C=C(CCC)c2cc(C)ccc2C1C(CC)CN. The van der Waals surface area contributed by atoms with Crippen LogP contribution in [0.4, 0.5) is 0 Å². The van der Waals surface area contributed by atoms with E-state index in [2.05, 4.69) is 56.9 Å². The molecule has 3 unspecified atom stereocenters. The molecule has 1 aromatic rings. The molecule has 0 heterocycles. The minimum Gasteiger partial charge on any atom is -0.384 e. The molecule has 0 saturated heterocycles. The molecule has 2 heteroatoms. The fourth-order valence-corrected chi connectivity index (χ4v) is 3.83. The first-order chi connectivity index (χ1) is 11.7. The third kappa shape index (κ3) is 3.99. The maximum absolute atomic E-state index is 6.13. The van der Waals surface area contributed by atoms with Gasteiger partial charge in [-0.1, -0.05) is 69.2 Å². The van der Waals surface area contributed by atoms with E-state index in [9.17, 15) is 0 Å². The lowest BCUT2D eigenvalue weighted by molar-refractivity contribution is 0.369. The fraction of sp³-hybridized carbons (Fsp3) is 0.455. The Morgan fingerprint density at radius 3 is 2.75 bits per heavy atom. The molecule has 3 atom stereocenters. The van der Waals surface area contributed by atoms with Crippen molar-refractivity contribution >= 4 is 5.57 Å². The first kappa shape index (κ1) is 18.5. The second-order valence-corrected chi connectivity index (χ2v) is 6.75. The van der Waals surface area contributed by atoms with Crippen molar-refractivity contribution in [3.8, 4) is 0 Å². The molecule has 0 saturated carbocycles. The summed E-state index contributed by atoms with van der Waals surface area (Å²) in [4.78, 5) is 0. The molecule has 0 amide bonds. The minimum atomic E-state index is 0.284. The van der Waals surface area contributed by atoms with E-state index in [0.29, 0.717) is 11.8 Å². The molecule has 0 aliphatic heterocycles. The predicted molar refractivity (Wildman–Crippen MR) is 106 cm³/mol. The number of rotatable bonds is 8. The molecular weight excluding hydrogens is 292 g/mol. The van der Waals surface area contributed by atoms with Crippen LogP contribution < -0.4 is 11.1 Å². The first-order valence-corrected chi connectivity index (χ1v) is 9.21. The number of fused-ring (bicyclic) bond motifs is 1. The van der Waals surface area contributed by atoms with Crippen molar-refractivity contribution in [1.29, 1.82) is 0 Å². The molecule has 2 nitrogen and oxygen atoms in total. The normalized spacial score (nSPS) is 21.2. The summed E-state index contributed by atoms with van der Waals surface area (Å²) in [6, 6.07) is 7.19. The molecular formula is C22H32N2. The van der Waals surface area contributed by atoms with Crippen molar-refractivity contribution in [3.63, 3.8) is 0 Å². The van der Waals surface area contributed by atoms with Gasteiger partial charge in [-0.15, -0.1) is 0 Å². The number of benzene rings is 1. The summed E-state index contributed by atoms with van der Waals surface area (Å²) in [6.45, 7) is 11.1. The Kier molecular flexibility index (Phi) is 6.86. The summed E-state index contributed by atoms with van der Waals surface area (Å²) in [5.41, 5.74) is 11.8. The lowest BCUT2D eigenvalue weighted by Crippen LogP contribution is -2.39. The largest absolute Gasteiger partial charge is 0.384 e. The molecule has 1 aromatic carbocycles. The van der Waals surface area contributed by atoms with E-state index < -0.39 is 0 Å². The van der Waals surface area contributed by atoms with Gasteiger partial charge in [0.05, 0.1) is 6.04 Å². The van der Waals surface area contributed by atoms with Gasteiger partial charge in [-0.2, -0.15) is 0 Å². The molecule has 130 valence electrons. The first-order valence-electron chi connectivity index (χ1n) is 9.21. The Balaban J connectivity index is 2.51. The second-order valence-electron chi connectivity index (χ2n) is 6.75. The average molecular weight is 325 g/mol. The van der Waals surface area contributed by atoms with Crippen LogP contribution >= 0.6 is 0 Å². The molecule has 0 fully saturated rings. The van der Waals surface area contributed by atoms with Gasteiger partial charge >= 0.3 is 0 Å². The van der Waals surface area contributed by atoms with Gasteiger partial charge in [0, 0.05) is 5.92 Å². The molecule has 0 spiro atoms. The number of hydrogen-bond donors (Lipinski definition) is 2. The maximum atomic E-state index is 6.13. The van der Waals surface area contributed by atoms with Crippen LogP contribution in [0.15, 0.2) is 49.2 Å². The van der Waals surface area contributed by atoms with Crippen LogP contribution in [0.2, 0.25) is 0 Å². The van der Waals surface area contributed by atoms with Gasteiger partial charge in [-0.3, -0.25) is 0 Å². The molecule has 0 bridgehead atoms. The molecule has 1 aliphatic carbocycles. The lowest BCUT2D eigenvalue weighted by Gasteiger charge is -2.37. The van der Waals surface area contributed by atoms with Gasteiger partial charge in [-0.05, 0) is 54.8 Å². The fourth-order valence-electron chi connectivity index (χ4n) is 3.83. The summed E-state index contributed by atoms with van der Waals surface area (Å²) in [7, 11) is 0. The summed E-state index contributed by atoms with van der Waals surface area (Å²) in [6.07, 6.45) is 11.6. The van der Waals surface area contributed by atoms with Crippen LogP contribution in [-0.2, 0) is 0 Å². The highest BCUT2D eigenvalue weighted by Crippen LogP contribution is 2.41. The third-order valence-corrected chi connectivity index (χ3v) is 5.06. The van der Waals surface area contributed by atoms with Gasteiger partial charge in [0.2, 0.25) is 0 Å². The van der Waals surface area contributed by atoms with E-state index in [1.165, 1.54) is 22.3 Å². The van der Waals surface area contributed by atoms with E-state index in [-0.39, 0.29) is 6.04 Å². The van der Waals surface area contributed by atoms with Gasteiger partial charge in [-0.25, -0.2) is 0 Å². The van der Waals surface area contributed by atoms with Crippen LogP contribution in [0.25, 0.3) is 5.57 Å². The second kappa shape index (κ2) is 8.89. The summed E-state index contributed by atoms with van der Waals surface area (Å²) in [5, 5.41) is 3.58. The number of hydrogen-bond acceptors (Lipinski definition) is 2. The highest BCUT2D eigenvalue weighted by atomic mass is 14.9. The molecule has 3 N–H and O–H groups in total. The standard InChI is InChI=1S/C22H32N2/c1-5-8-12-24-21-14-18(9-6-2)20-13-16(4)10-11-19(20)22(21)17(7-3)15-23/h5,8,10-14,17,21-22,24H,1,6-7,9,15,23H2,2-4H3/b12-8-. The highest BCUT2D eigenvalue weighted by Gasteiger charge is 2.33. The van der Waals surface area contributed by atoms with Crippen LogP contribution in [-0.4, -0.2) is 12.6 Å². The van der Waals surface area contributed by atoms with E-state index >= 15 is 0 Å². The number of nitrogens with two attached hydrogens (primary N) is 1. The average Bonchev–Trinajstić information content (AvgIpc) is 2.58. The Morgan fingerprint density at radius 2 is 2.12 bits per heavy atom. The van der Waals surface area contributed by atoms with Gasteiger partial charge in [0.25, 0.3) is 0 Å². The molecule has 0 aromatic heterocycles. The Hall–Kier alpha value is -1.80. The Morgan fingerprint density at radius 1 is 1.33 bits per heavy atom. The van der Waals surface area contributed by atoms with Crippen LogP contribution in [0, 0.1) is 12.8 Å². The number of aryl methyl sites for hydroxylation is 1. The van der Waals surface area contributed by atoms with Gasteiger partial charge in [0.15, 0.2) is 0 Å². The van der Waals surface area contributed by atoms with E-state index in [1.54, 1.807) is 6.08 Å². The van der Waals surface area contributed by atoms with Crippen LogP contribution in [0.1, 0.15) is 55.7 Å². The van der Waals surface area contributed by atoms with Crippen molar-refractivity contribution in [2.75, 3.05) is 6.54 Å². The molecule has 24 heavy (non-hydrogen) atoms. The number of allylic oxidation sites excluding steroid dienone is 3. The Bertz CT molecular complexity index is 608. The zero-order chi connectivity index (χ0) is 17.5. The topological polar surface area (TPSA) is 38.0 Å². The maximum Gasteiger partial charge on any atom is 0.0516 e. The summed E-state index contributed by atoms with van der Waals surface area (Å²) < 4.78 is 0. The van der Waals surface area contributed by atoms with Crippen LogP contribution in [0.5, 0.6) is 0 Å². The van der Waals surface area contributed by atoms with E-state index in [4.69, 9.17) is 5.73 Å². The van der Waals surface area contributed by atoms with Crippen LogP contribution in [0.3, 0.4) is 0 Å². The smallest absolute Gasteiger partial charge is 0.0516 e. The quantitative estimate of drug-likeness (QED) is 0.666. The van der Waals surface area contributed by atoms with E-state index in [0.717, 1.165) is 25.8 Å². The van der Waals surface area contributed by atoms with Crippen molar-refractivity contribution in [2.45, 2.75) is 52.0 Å². The molecule has 1 aliphatic rings. The molecule has 2 rings (SSSR count). The predicted octanol–water partition coefficient (Wildman–Crippen LogP) is 4.92. The third-order valence-electron chi connectivity index (χ3n) is 5.06. The zero-order valence-electron chi connectivity index (χ0n) is 15.4. The van der Waals surface area contributed by atoms with Crippen molar-refractivity contribution < 1.29 is 0 Å². The summed E-state index contributed by atoms with van der Waals surface area (Å²) in [5.74, 6) is 0.881. The van der Waals surface area contributed by atoms with Gasteiger partial charge in [0.1, 0.15) is 0 Å². The van der Waals surface area contributed by atoms with Gasteiger partial charge < -0.3 is 11.1 Å². The van der Waals surface area contributed by atoms with E-state index in [1.807, 2.05) is 12.3 Å². The lowest BCUT2D eigenvalue weighted by atomic mass is 9.71.